The number of halogens is 1. The lowest BCUT2D eigenvalue weighted by Gasteiger charge is -2.04. The molecule has 82 valence electrons. The van der Waals surface area contributed by atoms with Gasteiger partial charge in [0, 0.05) is 22.6 Å². The summed E-state index contributed by atoms with van der Waals surface area (Å²) in [5.41, 5.74) is 0.975. The van der Waals surface area contributed by atoms with Crippen LogP contribution in [0.25, 0.3) is 10.9 Å². The Labute approximate surface area is 102 Å². The van der Waals surface area contributed by atoms with E-state index in [1.165, 1.54) is 12.8 Å². The standard InChI is InChI=1S/C12H12BrN3/c13-10-4-3-9-7-15-12(16-11(9)5-10)14-6-8-1-2-8/h3-5,7-8H,1-2,6H2,(H,14,15,16). The highest BCUT2D eigenvalue weighted by Crippen LogP contribution is 2.28. The van der Waals surface area contributed by atoms with Crippen LogP contribution in [0, 0.1) is 5.92 Å². The Bertz CT molecular complexity index is 523. The summed E-state index contributed by atoms with van der Waals surface area (Å²) < 4.78 is 1.05. The molecule has 0 atom stereocenters. The van der Waals surface area contributed by atoms with E-state index in [4.69, 9.17) is 0 Å². The van der Waals surface area contributed by atoms with Crippen LogP contribution < -0.4 is 5.32 Å². The van der Waals surface area contributed by atoms with E-state index < -0.39 is 0 Å². The maximum atomic E-state index is 4.48. The average Bonchev–Trinajstić information content (AvgIpc) is 3.09. The predicted octanol–water partition coefficient (Wildman–Crippen LogP) is 3.21. The minimum Gasteiger partial charge on any atom is -0.354 e. The van der Waals surface area contributed by atoms with E-state index in [1.54, 1.807) is 0 Å². The van der Waals surface area contributed by atoms with Gasteiger partial charge in [-0.3, -0.25) is 0 Å². The second-order valence-electron chi connectivity index (χ2n) is 4.22. The second-order valence-corrected chi connectivity index (χ2v) is 5.14. The highest BCUT2D eigenvalue weighted by atomic mass is 79.9. The van der Waals surface area contributed by atoms with Gasteiger partial charge in [0.2, 0.25) is 5.95 Å². The smallest absolute Gasteiger partial charge is 0.223 e. The number of nitrogens with one attached hydrogen (secondary N) is 1. The Morgan fingerprint density at radius 2 is 2.25 bits per heavy atom. The maximum absolute atomic E-state index is 4.48. The minimum atomic E-state index is 0.734. The Morgan fingerprint density at radius 1 is 1.38 bits per heavy atom. The molecule has 1 saturated carbocycles. The quantitative estimate of drug-likeness (QED) is 0.936. The summed E-state index contributed by atoms with van der Waals surface area (Å²) in [7, 11) is 0. The Balaban J connectivity index is 1.87. The number of fused-ring (bicyclic) bond motifs is 1. The van der Waals surface area contributed by atoms with Crippen LogP contribution in [0.2, 0.25) is 0 Å². The summed E-state index contributed by atoms with van der Waals surface area (Å²) in [5, 5.41) is 4.35. The van der Waals surface area contributed by atoms with Crippen molar-refractivity contribution in [3.63, 3.8) is 0 Å². The zero-order chi connectivity index (χ0) is 11.0. The molecule has 4 heteroatoms. The van der Waals surface area contributed by atoms with Gasteiger partial charge >= 0.3 is 0 Å². The fourth-order valence-electron chi connectivity index (χ4n) is 1.64. The molecule has 0 aliphatic heterocycles. The molecule has 0 bridgehead atoms. The van der Waals surface area contributed by atoms with Crippen LogP contribution >= 0.6 is 15.9 Å². The van der Waals surface area contributed by atoms with Gasteiger partial charge in [-0.1, -0.05) is 22.0 Å². The lowest BCUT2D eigenvalue weighted by Crippen LogP contribution is -2.06. The van der Waals surface area contributed by atoms with Crippen molar-refractivity contribution in [2.75, 3.05) is 11.9 Å². The molecule has 1 N–H and O–H groups in total. The number of hydrogen-bond acceptors (Lipinski definition) is 3. The lowest BCUT2D eigenvalue weighted by atomic mass is 10.2. The zero-order valence-corrected chi connectivity index (χ0v) is 10.4. The zero-order valence-electron chi connectivity index (χ0n) is 8.78. The highest BCUT2D eigenvalue weighted by molar-refractivity contribution is 9.10. The molecule has 3 rings (SSSR count). The SMILES string of the molecule is Brc1ccc2cnc(NCC3CC3)nc2c1. The van der Waals surface area contributed by atoms with E-state index >= 15 is 0 Å². The van der Waals surface area contributed by atoms with Gasteiger partial charge in [-0.05, 0) is 30.9 Å². The van der Waals surface area contributed by atoms with Crippen molar-refractivity contribution in [1.29, 1.82) is 0 Å². The molecule has 1 aromatic heterocycles. The number of hydrogen-bond donors (Lipinski definition) is 1. The molecule has 16 heavy (non-hydrogen) atoms. The van der Waals surface area contributed by atoms with Crippen molar-refractivity contribution in [3.8, 4) is 0 Å². The van der Waals surface area contributed by atoms with E-state index in [9.17, 15) is 0 Å². The topological polar surface area (TPSA) is 37.8 Å². The monoisotopic (exact) mass is 277 g/mol. The molecular formula is C12H12BrN3. The molecule has 1 aliphatic rings. The number of aromatic nitrogens is 2. The van der Waals surface area contributed by atoms with Gasteiger partial charge in [-0.2, -0.15) is 0 Å². The van der Waals surface area contributed by atoms with Crippen molar-refractivity contribution < 1.29 is 0 Å². The van der Waals surface area contributed by atoms with Crippen LogP contribution in [0.1, 0.15) is 12.8 Å². The van der Waals surface area contributed by atoms with Crippen molar-refractivity contribution in [2.45, 2.75) is 12.8 Å². The third kappa shape index (κ3) is 2.16. The number of rotatable bonds is 3. The molecule has 1 aliphatic carbocycles. The van der Waals surface area contributed by atoms with Gasteiger partial charge in [0.05, 0.1) is 5.52 Å². The maximum Gasteiger partial charge on any atom is 0.223 e. The van der Waals surface area contributed by atoms with Gasteiger partial charge in [0.15, 0.2) is 0 Å². The minimum absolute atomic E-state index is 0.734. The summed E-state index contributed by atoms with van der Waals surface area (Å²) in [6.07, 6.45) is 4.54. The molecule has 0 radical (unpaired) electrons. The molecule has 1 aromatic carbocycles. The number of nitrogens with zero attached hydrogens (tertiary/aromatic N) is 2. The fraction of sp³-hybridized carbons (Fsp3) is 0.333. The molecule has 0 unspecified atom stereocenters. The van der Waals surface area contributed by atoms with E-state index in [0.29, 0.717) is 0 Å². The first-order valence-electron chi connectivity index (χ1n) is 5.47. The van der Waals surface area contributed by atoms with Gasteiger partial charge in [-0.25, -0.2) is 9.97 Å². The van der Waals surface area contributed by atoms with Crippen LogP contribution in [-0.2, 0) is 0 Å². The first kappa shape index (κ1) is 10.0. The lowest BCUT2D eigenvalue weighted by molar-refractivity contribution is 0.876. The Morgan fingerprint density at radius 3 is 3.06 bits per heavy atom. The summed E-state index contributed by atoms with van der Waals surface area (Å²) in [4.78, 5) is 8.78. The Hall–Kier alpha value is -1.16. The summed E-state index contributed by atoms with van der Waals surface area (Å²) in [5.74, 6) is 1.57. The summed E-state index contributed by atoms with van der Waals surface area (Å²) in [6, 6.07) is 6.03. The van der Waals surface area contributed by atoms with E-state index in [2.05, 4.69) is 31.2 Å². The van der Waals surface area contributed by atoms with E-state index in [-0.39, 0.29) is 0 Å². The highest BCUT2D eigenvalue weighted by Gasteiger charge is 2.20. The largest absolute Gasteiger partial charge is 0.354 e. The number of anilines is 1. The van der Waals surface area contributed by atoms with E-state index in [1.807, 2.05) is 24.4 Å². The van der Waals surface area contributed by atoms with Crippen molar-refractivity contribution in [2.24, 2.45) is 5.92 Å². The van der Waals surface area contributed by atoms with Crippen molar-refractivity contribution in [3.05, 3.63) is 28.9 Å². The first-order chi connectivity index (χ1) is 7.81. The molecule has 0 spiro atoms. The fourth-order valence-corrected chi connectivity index (χ4v) is 1.99. The summed E-state index contributed by atoms with van der Waals surface area (Å²) in [6.45, 7) is 1.000. The molecule has 2 aromatic rings. The molecule has 0 amide bonds. The third-order valence-electron chi connectivity index (χ3n) is 2.79. The molecular weight excluding hydrogens is 266 g/mol. The predicted molar refractivity (Wildman–Crippen MR) is 68.5 cm³/mol. The van der Waals surface area contributed by atoms with Gasteiger partial charge in [-0.15, -0.1) is 0 Å². The first-order valence-corrected chi connectivity index (χ1v) is 6.27. The van der Waals surface area contributed by atoms with Crippen molar-refractivity contribution >= 4 is 32.8 Å². The molecule has 1 heterocycles. The Kier molecular flexibility index (Phi) is 2.52. The van der Waals surface area contributed by atoms with Gasteiger partial charge < -0.3 is 5.32 Å². The van der Waals surface area contributed by atoms with Crippen LogP contribution in [0.3, 0.4) is 0 Å². The van der Waals surface area contributed by atoms with Crippen LogP contribution in [-0.4, -0.2) is 16.5 Å². The van der Waals surface area contributed by atoms with E-state index in [0.717, 1.165) is 33.8 Å². The molecule has 0 saturated heterocycles. The number of benzene rings is 1. The average molecular weight is 278 g/mol. The summed E-state index contributed by atoms with van der Waals surface area (Å²) >= 11 is 3.45. The normalized spacial score (nSPS) is 15.3. The van der Waals surface area contributed by atoms with Crippen LogP contribution in [0.4, 0.5) is 5.95 Å². The second kappa shape index (κ2) is 4.01. The van der Waals surface area contributed by atoms with Crippen molar-refractivity contribution in [1.82, 2.24) is 9.97 Å². The third-order valence-corrected chi connectivity index (χ3v) is 3.28. The molecule has 1 fully saturated rings. The van der Waals surface area contributed by atoms with Gasteiger partial charge in [0.1, 0.15) is 0 Å². The van der Waals surface area contributed by atoms with Crippen LogP contribution in [0.15, 0.2) is 28.9 Å². The molecule has 3 nitrogen and oxygen atoms in total. The van der Waals surface area contributed by atoms with Crippen LogP contribution in [0.5, 0.6) is 0 Å². The van der Waals surface area contributed by atoms with Gasteiger partial charge in [0.25, 0.3) is 0 Å².